The molecule has 1 aliphatic heterocycles. The molecule has 0 aromatic heterocycles. The Morgan fingerprint density at radius 3 is 2.00 bits per heavy atom. The lowest BCUT2D eigenvalue weighted by Crippen LogP contribution is -3.18. The quantitative estimate of drug-likeness (QED) is 0.728. The van der Waals surface area contributed by atoms with Crippen molar-refractivity contribution in [2.24, 2.45) is 0 Å². The zero-order valence-corrected chi connectivity index (χ0v) is 11.5. The Morgan fingerprint density at radius 2 is 1.62 bits per heavy atom. The maximum atomic E-state index is 11.7. The van der Waals surface area contributed by atoms with E-state index in [1.165, 1.54) is 12.8 Å². The van der Waals surface area contributed by atoms with E-state index in [9.17, 15) is 8.42 Å². The van der Waals surface area contributed by atoms with Gasteiger partial charge < -0.3 is 4.90 Å². The number of hydrogen-bond acceptors (Lipinski definition) is 2. The van der Waals surface area contributed by atoms with Crippen LogP contribution in [0.15, 0.2) is 0 Å². The molecule has 0 amide bonds. The zero-order chi connectivity index (χ0) is 12.2. The van der Waals surface area contributed by atoms with E-state index >= 15 is 0 Å². The van der Waals surface area contributed by atoms with Crippen molar-refractivity contribution < 1.29 is 13.3 Å². The lowest BCUT2D eigenvalue weighted by atomic mass is 10.1. The maximum absolute atomic E-state index is 11.7. The highest BCUT2D eigenvalue weighted by Gasteiger charge is 2.30. The number of piperazine rings is 1. The minimum absolute atomic E-state index is 0.229. The van der Waals surface area contributed by atoms with Crippen LogP contribution in [-0.4, -0.2) is 50.7 Å². The predicted octanol–water partition coefficient (Wildman–Crippen LogP) is -0.275. The van der Waals surface area contributed by atoms with Gasteiger partial charge >= 0.3 is 0 Å². The zero-order valence-electron chi connectivity index (χ0n) is 10.7. The van der Waals surface area contributed by atoms with Crippen molar-refractivity contribution in [3.63, 3.8) is 0 Å². The molecule has 0 unspecified atom stereocenters. The average Bonchev–Trinajstić information content (AvgIpc) is 2.31. The monoisotopic (exact) mass is 249 g/mol. The van der Waals surface area contributed by atoms with Gasteiger partial charge in [-0.05, 0) is 19.8 Å². The second-order valence-electron chi connectivity index (χ2n) is 4.47. The van der Waals surface area contributed by atoms with Crippen LogP contribution in [0.1, 0.15) is 33.6 Å². The molecule has 96 valence electrons. The van der Waals surface area contributed by atoms with E-state index < -0.39 is 10.0 Å². The smallest absolute Gasteiger partial charge is 0.214 e. The molecule has 0 radical (unpaired) electrons. The summed E-state index contributed by atoms with van der Waals surface area (Å²) in [6.07, 6.45) is 2.37. The van der Waals surface area contributed by atoms with Crippen LogP contribution in [0.4, 0.5) is 0 Å². The van der Waals surface area contributed by atoms with Crippen LogP contribution in [0.5, 0.6) is 0 Å². The van der Waals surface area contributed by atoms with Crippen LogP contribution in [0.25, 0.3) is 0 Å². The van der Waals surface area contributed by atoms with E-state index in [2.05, 4.69) is 13.8 Å². The van der Waals surface area contributed by atoms with Gasteiger partial charge in [-0.2, -0.15) is 4.31 Å². The van der Waals surface area contributed by atoms with Crippen molar-refractivity contribution in [2.75, 3.05) is 31.9 Å². The summed E-state index contributed by atoms with van der Waals surface area (Å²) in [6.45, 7) is 9.48. The lowest BCUT2D eigenvalue weighted by molar-refractivity contribution is -0.929. The van der Waals surface area contributed by atoms with Crippen molar-refractivity contribution in [2.45, 2.75) is 39.7 Å². The molecular formula is C11H25N2O2S+. The molecule has 0 atom stereocenters. The summed E-state index contributed by atoms with van der Waals surface area (Å²) in [4.78, 5) is 1.58. The molecule has 0 aromatic carbocycles. The van der Waals surface area contributed by atoms with Gasteiger partial charge in [0.15, 0.2) is 0 Å². The van der Waals surface area contributed by atoms with E-state index in [-0.39, 0.29) is 5.75 Å². The summed E-state index contributed by atoms with van der Waals surface area (Å²) in [5.41, 5.74) is 0. The van der Waals surface area contributed by atoms with E-state index in [0.29, 0.717) is 19.1 Å². The third kappa shape index (κ3) is 3.18. The highest BCUT2D eigenvalue weighted by molar-refractivity contribution is 7.89. The van der Waals surface area contributed by atoms with E-state index in [1.807, 2.05) is 0 Å². The number of rotatable bonds is 5. The van der Waals surface area contributed by atoms with Crippen LogP contribution in [0, 0.1) is 0 Å². The minimum atomic E-state index is -2.96. The Hall–Kier alpha value is -0.130. The summed E-state index contributed by atoms with van der Waals surface area (Å²) in [5.74, 6) is 0.229. The molecule has 1 rings (SSSR count). The molecule has 4 nitrogen and oxygen atoms in total. The number of nitrogens with one attached hydrogen (secondary N) is 1. The molecule has 1 fully saturated rings. The molecule has 0 saturated carbocycles. The normalized spacial score (nSPS) is 20.5. The van der Waals surface area contributed by atoms with Crippen LogP contribution < -0.4 is 4.90 Å². The average molecular weight is 249 g/mol. The fraction of sp³-hybridized carbons (Fsp3) is 1.00. The van der Waals surface area contributed by atoms with E-state index in [4.69, 9.17) is 0 Å². The third-order valence-corrected chi connectivity index (χ3v) is 5.57. The summed E-state index contributed by atoms with van der Waals surface area (Å²) >= 11 is 0. The first-order valence-corrected chi connectivity index (χ1v) is 7.98. The Morgan fingerprint density at radius 1 is 1.12 bits per heavy atom. The van der Waals surface area contributed by atoms with Crippen molar-refractivity contribution in [1.29, 1.82) is 0 Å². The van der Waals surface area contributed by atoms with Crippen molar-refractivity contribution in [1.82, 2.24) is 4.31 Å². The van der Waals surface area contributed by atoms with Gasteiger partial charge in [0.1, 0.15) is 0 Å². The number of sulfonamides is 1. The fourth-order valence-corrected chi connectivity index (χ4v) is 3.61. The van der Waals surface area contributed by atoms with Gasteiger partial charge in [0.05, 0.1) is 38.0 Å². The molecule has 0 bridgehead atoms. The lowest BCUT2D eigenvalue weighted by Gasteiger charge is -2.35. The highest BCUT2D eigenvalue weighted by Crippen LogP contribution is 2.02. The van der Waals surface area contributed by atoms with Gasteiger partial charge in [0.2, 0.25) is 10.0 Å². The van der Waals surface area contributed by atoms with Crippen molar-refractivity contribution in [3.05, 3.63) is 0 Å². The molecule has 0 aromatic rings. The fourth-order valence-electron chi connectivity index (χ4n) is 2.51. The molecule has 5 heteroatoms. The van der Waals surface area contributed by atoms with E-state index in [1.54, 1.807) is 16.1 Å². The van der Waals surface area contributed by atoms with E-state index in [0.717, 1.165) is 13.1 Å². The Bertz CT molecular complexity index is 291. The van der Waals surface area contributed by atoms with Crippen LogP contribution in [-0.2, 0) is 10.0 Å². The van der Waals surface area contributed by atoms with Gasteiger partial charge in [0.25, 0.3) is 0 Å². The molecule has 1 heterocycles. The highest BCUT2D eigenvalue weighted by atomic mass is 32.2. The Labute approximate surface area is 99.7 Å². The van der Waals surface area contributed by atoms with Gasteiger partial charge in [0, 0.05) is 0 Å². The van der Waals surface area contributed by atoms with Crippen LogP contribution >= 0.6 is 0 Å². The minimum Gasteiger partial charge on any atom is -0.330 e. The standard InChI is InChI=1S/C11H24N2O2S/c1-4-11(5-2)12-7-9-13(10-8-12)16(14,15)6-3/h11H,4-10H2,1-3H3/p+1. The molecule has 1 saturated heterocycles. The number of nitrogens with zero attached hydrogens (tertiary/aromatic N) is 1. The maximum Gasteiger partial charge on any atom is 0.214 e. The number of quaternary nitrogens is 1. The molecular weight excluding hydrogens is 224 g/mol. The third-order valence-electron chi connectivity index (χ3n) is 3.69. The first-order valence-electron chi connectivity index (χ1n) is 6.37. The molecule has 0 spiro atoms. The largest absolute Gasteiger partial charge is 0.330 e. The summed E-state index contributed by atoms with van der Waals surface area (Å²) in [6, 6.07) is 0.700. The van der Waals surface area contributed by atoms with Crippen molar-refractivity contribution in [3.8, 4) is 0 Å². The van der Waals surface area contributed by atoms with Crippen LogP contribution in [0.2, 0.25) is 0 Å². The van der Waals surface area contributed by atoms with Crippen molar-refractivity contribution >= 4 is 10.0 Å². The Kier molecular flexibility index (Phi) is 5.21. The first kappa shape index (κ1) is 13.9. The van der Waals surface area contributed by atoms with Crippen LogP contribution in [0.3, 0.4) is 0 Å². The molecule has 0 aliphatic carbocycles. The summed E-state index contributed by atoms with van der Waals surface area (Å²) < 4.78 is 25.0. The summed E-state index contributed by atoms with van der Waals surface area (Å²) in [5, 5.41) is 0. The molecule has 1 N–H and O–H groups in total. The SMILES string of the molecule is CCC(CC)[NH+]1CCN(S(=O)(=O)CC)CC1. The second kappa shape index (κ2) is 5.98. The van der Waals surface area contributed by atoms with Gasteiger partial charge in [-0.25, -0.2) is 8.42 Å². The Balaban J connectivity index is 2.51. The van der Waals surface area contributed by atoms with Gasteiger partial charge in [-0.3, -0.25) is 0 Å². The number of hydrogen-bond donors (Lipinski definition) is 1. The molecule has 1 aliphatic rings. The topological polar surface area (TPSA) is 41.8 Å². The predicted molar refractivity (Wildman–Crippen MR) is 66.1 cm³/mol. The van der Waals surface area contributed by atoms with Gasteiger partial charge in [-0.1, -0.05) is 13.8 Å². The second-order valence-corrected chi connectivity index (χ2v) is 6.73. The molecule has 16 heavy (non-hydrogen) atoms. The first-order chi connectivity index (χ1) is 7.55. The summed E-state index contributed by atoms with van der Waals surface area (Å²) in [7, 11) is -2.96. The van der Waals surface area contributed by atoms with Gasteiger partial charge in [-0.15, -0.1) is 0 Å².